The summed E-state index contributed by atoms with van der Waals surface area (Å²) in [5, 5.41) is 2.80. The van der Waals surface area contributed by atoms with E-state index < -0.39 is 0 Å². The molecule has 0 unspecified atom stereocenters. The maximum atomic E-state index is 13.8. The zero-order valence-corrected chi connectivity index (χ0v) is 18.5. The van der Waals surface area contributed by atoms with Crippen molar-refractivity contribution in [2.45, 2.75) is 26.9 Å². The summed E-state index contributed by atoms with van der Waals surface area (Å²) in [6.07, 6.45) is 0.970. The first-order valence-electron chi connectivity index (χ1n) is 11.0. The van der Waals surface area contributed by atoms with E-state index in [-0.39, 0.29) is 11.7 Å². The van der Waals surface area contributed by atoms with Gasteiger partial charge in [-0.1, -0.05) is 32.0 Å². The van der Waals surface area contributed by atoms with Crippen molar-refractivity contribution in [1.82, 2.24) is 9.80 Å². The van der Waals surface area contributed by atoms with Gasteiger partial charge in [0.05, 0.1) is 5.57 Å². The Bertz CT molecular complexity index is 1020. The van der Waals surface area contributed by atoms with Gasteiger partial charge in [0.2, 0.25) is 0 Å². The first kappa shape index (κ1) is 21.5. The SMILES string of the molecule is CCN(C)CCN(CC)CCc1ccc2c(c1)COC2=C1C(=O)Nc2ccc(F)cc21. The Morgan fingerprint density at radius 2 is 1.87 bits per heavy atom. The van der Waals surface area contributed by atoms with E-state index in [0.717, 1.165) is 50.3 Å². The van der Waals surface area contributed by atoms with Crippen molar-refractivity contribution in [1.29, 1.82) is 0 Å². The molecule has 1 N–H and O–H groups in total. The van der Waals surface area contributed by atoms with Crippen LogP contribution in [0.1, 0.15) is 36.1 Å². The molecule has 6 heteroatoms. The number of ether oxygens (including phenoxy) is 1. The molecule has 2 heterocycles. The largest absolute Gasteiger partial charge is 0.487 e. The van der Waals surface area contributed by atoms with Gasteiger partial charge in [0.25, 0.3) is 5.91 Å². The van der Waals surface area contributed by atoms with Crippen LogP contribution in [0.4, 0.5) is 10.1 Å². The number of carbonyl (C=O) groups is 1. The second kappa shape index (κ2) is 9.20. The first-order valence-corrected chi connectivity index (χ1v) is 11.0. The average Bonchev–Trinajstić information content (AvgIpc) is 3.32. The smallest absolute Gasteiger partial charge is 0.260 e. The van der Waals surface area contributed by atoms with Crippen LogP contribution in [0, 0.1) is 5.82 Å². The van der Waals surface area contributed by atoms with Crippen molar-refractivity contribution in [2.75, 3.05) is 45.1 Å². The molecule has 164 valence electrons. The van der Waals surface area contributed by atoms with Gasteiger partial charge in [-0.05, 0) is 50.3 Å². The van der Waals surface area contributed by atoms with E-state index >= 15 is 0 Å². The molecule has 0 radical (unpaired) electrons. The summed E-state index contributed by atoms with van der Waals surface area (Å²) in [5.74, 6) is -0.0723. The van der Waals surface area contributed by atoms with Gasteiger partial charge in [0.1, 0.15) is 18.2 Å². The molecular formula is C25H30FN3O2. The number of likely N-dealkylation sites (N-methyl/N-ethyl adjacent to an activating group) is 2. The van der Waals surface area contributed by atoms with E-state index in [4.69, 9.17) is 4.74 Å². The van der Waals surface area contributed by atoms with Crippen LogP contribution >= 0.6 is 0 Å². The normalized spacial score (nSPS) is 17.2. The fourth-order valence-corrected chi connectivity index (χ4v) is 4.13. The van der Waals surface area contributed by atoms with E-state index in [9.17, 15) is 9.18 Å². The second-order valence-electron chi connectivity index (χ2n) is 8.21. The molecule has 0 aliphatic carbocycles. The third kappa shape index (κ3) is 4.50. The summed E-state index contributed by atoms with van der Waals surface area (Å²) in [4.78, 5) is 17.4. The maximum Gasteiger partial charge on any atom is 0.260 e. The molecule has 31 heavy (non-hydrogen) atoms. The minimum absolute atomic E-state index is 0.247. The van der Waals surface area contributed by atoms with Gasteiger partial charge in [-0.25, -0.2) is 4.39 Å². The van der Waals surface area contributed by atoms with Crippen molar-refractivity contribution in [2.24, 2.45) is 0 Å². The number of nitrogens with zero attached hydrogens (tertiary/aromatic N) is 2. The fraction of sp³-hybridized carbons (Fsp3) is 0.400. The number of amides is 1. The summed E-state index contributed by atoms with van der Waals surface area (Å²) in [6, 6.07) is 10.6. The molecule has 2 aliphatic heterocycles. The number of carbonyl (C=O) groups excluding carboxylic acids is 1. The van der Waals surface area contributed by atoms with Gasteiger partial charge < -0.3 is 19.9 Å². The molecule has 2 aliphatic rings. The van der Waals surface area contributed by atoms with E-state index in [2.05, 4.69) is 48.1 Å². The predicted molar refractivity (Wildman–Crippen MR) is 122 cm³/mol. The maximum absolute atomic E-state index is 13.8. The fourth-order valence-electron chi connectivity index (χ4n) is 4.13. The Morgan fingerprint density at radius 1 is 1.03 bits per heavy atom. The lowest BCUT2D eigenvalue weighted by molar-refractivity contribution is -0.110. The van der Waals surface area contributed by atoms with Crippen LogP contribution in [0.3, 0.4) is 0 Å². The third-order valence-electron chi connectivity index (χ3n) is 6.24. The van der Waals surface area contributed by atoms with Gasteiger partial charge in [-0.2, -0.15) is 0 Å². The first-order chi connectivity index (χ1) is 15.0. The van der Waals surface area contributed by atoms with Crippen molar-refractivity contribution >= 4 is 22.9 Å². The van der Waals surface area contributed by atoms with Crippen LogP contribution < -0.4 is 5.32 Å². The summed E-state index contributed by atoms with van der Waals surface area (Å²) in [6.45, 7) is 10.1. The van der Waals surface area contributed by atoms with Gasteiger partial charge in [-0.15, -0.1) is 0 Å². The number of fused-ring (bicyclic) bond motifs is 2. The highest BCUT2D eigenvalue weighted by Gasteiger charge is 2.32. The lowest BCUT2D eigenvalue weighted by atomic mass is 9.98. The van der Waals surface area contributed by atoms with Crippen LogP contribution in [0.15, 0.2) is 36.4 Å². The van der Waals surface area contributed by atoms with Gasteiger partial charge in [-0.3, -0.25) is 4.79 Å². The van der Waals surface area contributed by atoms with E-state index in [1.165, 1.54) is 17.7 Å². The van der Waals surface area contributed by atoms with Crippen LogP contribution in [0.5, 0.6) is 0 Å². The average molecular weight is 424 g/mol. The zero-order chi connectivity index (χ0) is 22.0. The number of nitrogens with one attached hydrogen (secondary N) is 1. The molecule has 5 nitrogen and oxygen atoms in total. The summed E-state index contributed by atoms with van der Waals surface area (Å²) in [7, 11) is 2.15. The van der Waals surface area contributed by atoms with Crippen molar-refractivity contribution in [3.63, 3.8) is 0 Å². The quantitative estimate of drug-likeness (QED) is 0.652. The Kier molecular flexibility index (Phi) is 6.39. The highest BCUT2D eigenvalue weighted by molar-refractivity contribution is 6.36. The number of hydrogen-bond acceptors (Lipinski definition) is 4. The number of anilines is 1. The lowest BCUT2D eigenvalue weighted by Gasteiger charge is -2.23. The molecule has 0 saturated carbocycles. The minimum Gasteiger partial charge on any atom is -0.487 e. The summed E-state index contributed by atoms with van der Waals surface area (Å²) >= 11 is 0. The zero-order valence-electron chi connectivity index (χ0n) is 18.5. The van der Waals surface area contributed by atoms with E-state index in [1.54, 1.807) is 6.07 Å². The molecule has 0 saturated heterocycles. The number of benzene rings is 2. The molecule has 0 spiro atoms. The molecule has 0 fully saturated rings. The third-order valence-corrected chi connectivity index (χ3v) is 6.24. The summed E-state index contributed by atoms with van der Waals surface area (Å²) < 4.78 is 19.7. The standard InChI is InChI=1S/C25H30FN3O2/c1-4-28(3)12-13-29(5-2)11-10-17-6-8-20-18(14-17)16-31-24(20)23-21-15-19(26)7-9-22(21)27-25(23)30/h6-9,14-15H,4-5,10-13,16H2,1-3H3,(H,27,30). The van der Waals surface area contributed by atoms with Gasteiger partial charge in [0, 0.05) is 42.0 Å². The Hall–Kier alpha value is -2.70. The highest BCUT2D eigenvalue weighted by atomic mass is 19.1. The number of halogens is 1. The second-order valence-corrected chi connectivity index (χ2v) is 8.21. The van der Waals surface area contributed by atoms with Crippen molar-refractivity contribution < 1.29 is 13.9 Å². The Morgan fingerprint density at radius 3 is 2.65 bits per heavy atom. The topological polar surface area (TPSA) is 44.8 Å². The predicted octanol–water partition coefficient (Wildman–Crippen LogP) is 3.99. The lowest BCUT2D eigenvalue weighted by Crippen LogP contribution is -2.34. The molecule has 2 aromatic rings. The number of hydrogen-bond donors (Lipinski definition) is 1. The molecule has 0 atom stereocenters. The summed E-state index contributed by atoms with van der Waals surface area (Å²) in [5.41, 5.74) is 4.86. The Labute approximate surface area is 183 Å². The molecule has 1 amide bonds. The van der Waals surface area contributed by atoms with Crippen LogP contribution in [-0.2, 0) is 22.6 Å². The molecule has 4 rings (SSSR count). The van der Waals surface area contributed by atoms with Crippen LogP contribution in [0.25, 0.3) is 11.3 Å². The van der Waals surface area contributed by atoms with Crippen LogP contribution in [0.2, 0.25) is 0 Å². The van der Waals surface area contributed by atoms with E-state index in [0.29, 0.717) is 29.2 Å². The van der Waals surface area contributed by atoms with Gasteiger partial charge >= 0.3 is 0 Å². The van der Waals surface area contributed by atoms with Crippen molar-refractivity contribution in [3.8, 4) is 0 Å². The monoisotopic (exact) mass is 423 g/mol. The number of rotatable bonds is 8. The van der Waals surface area contributed by atoms with Gasteiger partial charge in [0.15, 0.2) is 0 Å². The minimum atomic E-state index is -0.368. The highest BCUT2D eigenvalue weighted by Crippen LogP contribution is 2.41. The van der Waals surface area contributed by atoms with E-state index in [1.807, 2.05) is 6.07 Å². The van der Waals surface area contributed by atoms with Crippen LogP contribution in [-0.4, -0.2) is 55.5 Å². The Balaban J connectivity index is 1.51. The molecule has 0 aromatic heterocycles. The molecule has 2 aromatic carbocycles. The van der Waals surface area contributed by atoms with Crippen molar-refractivity contribution in [3.05, 3.63) is 64.5 Å². The molecular weight excluding hydrogens is 393 g/mol. The molecule has 0 bridgehead atoms.